The van der Waals surface area contributed by atoms with Gasteiger partial charge in [0.05, 0.1) is 28.8 Å². The molecule has 7 heteroatoms. The molecule has 1 aromatic heterocycles. The predicted molar refractivity (Wildman–Crippen MR) is 121 cm³/mol. The molecule has 0 saturated carbocycles. The number of carbonyl (C=O) groups excluding carboxylic acids is 1. The van der Waals surface area contributed by atoms with Crippen molar-refractivity contribution in [3.05, 3.63) is 53.2 Å². The van der Waals surface area contributed by atoms with Gasteiger partial charge in [-0.25, -0.2) is 0 Å². The highest BCUT2D eigenvalue weighted by molar-refractivity contribution is 8.24. The van der Waals surface area contributed by atoms with Crippen molar-refractivity contribution < 1.29 is 13.9 Å². The zero-order chi connectivity index (χ0) is 22.0. The molecule has 6 nitrogen and oxygen atoms in total. The first-order chi connectivity index (χ1) is 14.7. The van der Waals surface area contributed by atoms with Gasteiger partial charge in [-0.2, -0.15) is 21.0 Å². The number of allylic oxidation sites excluding steroid dienone is 2. The molecule has 2 aliphatic carbocycles. The van der Waals surface area contributed by atoms with Gasteiger partial charge in [-0.15, -0.1) is 0 Å². The maximum Gasteiger partial charge on any atom is 0.176 e. The van der Waals surface area contributed by atoms with Crippen LogP contribution < -0.4 is 0 Å². The molecule has 0 spiro atoms. The Kier molecular flexibility index (Phi) is 4.67. The van der Waals surface area contributed by atoms with Crippen molar-refractivity contribution in [2.24, 2.45) is 11.8 Å². The lowest BCUT2D eigenvalue weighted by atomic mass is 9.57. The number of ketones is 1. The van der Waals surface area contributed by atoms with Crippen molar-refractivity contribution in [3.8, 4) is 17.3 Å². The van der Waals surface area contributed by atoms with Gasteiger partial charge in [-0.1, -0.05) is 50.3 Å². The Morgan fingerprint density at radius 3 is 2.65 bits per heavy atom. The van der Waals surface area contributed by atoms with E-state index < -0.39 is 16.0 Å². The molecule has 162 valence electrons. The summed E-state index contributed by atoms with van der Waals surface area (Å²) in [7, 11) is -2.59. The summed E-state index contributed by atoms with van der Waals surface area (Å²) in [5, 5.41) is 14.7. The highest BCUT2D eigenvalue weighted by Crippen LogP contribution is 2.55. The molecule has 2 N–H and O–H groups in total. The number of Topliss-reactive ketones (excluding diaryl/α,β-unsaturated/α-hetero) is 1. The number of hydrogen-bond acceptors (Lipinski definition) is 5. The molecule has 4 atom stereocenters. The van der Waals surface area contributed by atoms with Crippen LogP contribution in [0.1, 0.15) is 44.0 Å². The molecule has 0 radical (unpaired) electrons. The van der Waals surface area contributed by atoms with Gasteiger partial charge in [0, 0.05) is 28.2 Å². The molecular formula is C24H27N3O3S. The smallest absolute Gasteiger partial charge is 0.176 e. The van der Waals surface area contributed by atoms with E-state index in [4.69, 9.17) is 5.10 Å². The molecule has 2 aromatic rings. The summed E-state index contributed by atoms with van der Waals surface area (Å²) in [4.78, 5) is 12.7. The fraction of sp³-hybridized carbons (Fsp3) is 0.458. The number of benzene rings is 1. The predicted octanol–water partition coefficient (Wildman–Crippen LogP) is 4.73. The summed E-state index contributed by atoms with van der Waals surface area (Å²) >= 11 is 0. The van der Waals surface area contributed by atoms with E-state index in [-0.39, 0.29) is 29.2 Å². The van der Waals surface area contributed by atoms with Crippen molar-refractivity contribution in [1.82, 2.24) is 9.78 Å². The molecule has 1 aromatic carbocycles. The number of rotatable bonds is 2. The maximum absolute atomic E-state index is 12.7. The summed E-state index contributed by atoms with van der Waals surface area (Å²) < 4.78 is 22.6. The molecule has 5 rings (SSSR count). The molecule has 2 heterocycles. The number of aromatic nitrogens is 2. The molecule has 31 heavy (non-hydrogen) atoms. The third kappa shape index (κ3) is 3.08. The van der Waals surface area contributed by atoms with Gasteiger partial charge in [0.1, 0.15) is 6.07 Å². The fourth-order valence-corrected chi connectivity index (χ4v) is 7.71. The minimum atomic E-state index is -2.59. The van der Waals surface area contributed by atoms with E-state index in [0.29, 0.717) is 17.9 Å². The van der Waals surface area contributed by atoms with Crippen molar-refractivity contribution in [2.45, 2.75) is 44.6 Å². The Balaban J connectivity index is 1.75. The number of carbonyl (C=O) groups is 1. The average Bonchev–Trinajstić information content (AvgIpc) is 3.32. The van der Waals surface area contributed by atoms with Crippen LogP contribution in [0.4, 0.5) is 0 Å². The molecule has 1 fully saturated rings. The Hall–Kier alpha value is -2.40. The van der Waals surface area contributed by atoms with Gasteiger partial charge >= 0.3 is 0 Å². The van der Waals surface area contributed by atoms with Crippen molar-refractivity contribution in [1.29, 1.82) is 5.26 Å². The molecule has 0 bridgehead atoms. The van der Waals surface area contributed by atoms with Crippen LogP contribution >= 0.6 is 10.6 Å². The first kappa shape index (κ1) is 20.5. The average molecular weight is 438 g/mol. The molecule has 1 unspecified atom stereocenters. The largest absolute Gasteiger partial charge is 0.299 e. The number of fused-ring (bicyclic) bond motifs is 3. The summed E-state index contributed by atoms with van der Waals surface area (Å²) in [6.07, 6.45) is 4.19. The van der Waals surface area contributed by atoms with Crippen molar-refractivity contribution >= 4 is 16.4 Å². The van der Waals surface area contributed by atoms with Crippen LogP contribution in [0.5, 0.6) is 0 Å². The topological polar surface area (TPSA) is 99.1 Å². The number of nitrogens with zero attached hydrogens (tertiary/aromatic N) is 3. The van der Waals surface area contributed by atoms with Crippen LogP contribution in [0.25, 0.3) is 11.3 Å². The van der Waals surface area contributed by atoms with Gasteiger partial charge in [-0.05, 0) is 25.2 Å². The Bertz CT molecular complexity index is 1130. The molecule has 0 amide bonds. The van der Waals surface area contributed by atoms with Crippen LogP contribution in [0.15, 0.2) is 42.0 Å². The second kappa shape index (κ2) is 7.06. The quantitative estimate of drug-likeness (QED) is 0.707. The van der Waals surface area contributed by atoms with Gasteiger partial charge in [-0.3, -0.25) is 18.6 Å². The van der Waals surface area contributed by atoms with E-state index in [9.17, 15) is 19.2 Å². The molecular weight excluding hydrogens is 410 g/mol. The minimum absolute atomic E-state index is 0.0715. The second-order valence-electron chi connectivity index (χ2n) is 9.35. The number of hydrogen-bond donors (Lipinski definition) is 2. The third-order valence-corrected chi connectivity index (χ3v) is 9.28. The van der Waals surface area contributed by atoms with E-state index in [1.54, 1.807) is 0 Å². The summed E-state index contributed by atoms with van der Waals surface area (Å²) in [5.74, 6) is 0.481. The summed E-state index contributed by atoms with van der Waals surface area (Å²) in [6, 6.07) is 12.1. The molecule has 1 aliphatic heterocycles. The van der Waals surface area contributed by atoms with E-state index >= 15 is 0 Å². The summed E-state index contributed by atoms with van der Waals surface area (Å²) in [5.41, 5.74) is 3.88. The maximum atomic E-state index is 12.7. The third-order valence-electron chi connectivity index (χ3n) is 7.47. The monoisotopic (exact) mass is 437 g/mol. The SMILES string of the molecule is C[C@H]1C(=O)C(C#N)=C[C@@]2(C)c3c(c(-c4ccccc4)nn3C3CCS(O)(O)C3)CC[C@H]12. The standard InChI is InChI=1S/C24H27N3O3S/c1-15-20-9-8-19-21(16-6-4-3-5-7-16)26-27(18-10-11-31(29,30)14-18)23(19)24(20,2)12-17(13-25)22(15)28/h3-7,12,15,18,20,29-30H,8-11,14H2,1-2H3/t15-,18?,20-,24-/m1/s1. The van der Waals surface area contributed by atoms with Gasteiger partial charge in [0.15, 0.2) is 5.78 Å². The normalized spacial score (nSPS) is 32.5. The van der Waals surface area contributed by atoms with E-state index in [2.05, 4.69) is 13.0 Å². The van der Waals surface area contributed by atoms with Gasteiger partial charge < -0.3 is 0 Å². The van der Waals surface area contributed by atoms with Gasteiger partial charge in [0.25, 0.3) is 0 Å². The van der Waals surface area contributed by atoms with Gasteiger partial charge in [0.2, 0.25) is 0 Å². The van der Waals surface area contributed by atoms with Crippen LogP contribution in [-0.2, 0) is 16.6 Å². The molecule has 3 aliphatic rings. The second-order valence-corrected chi connectivity index (χ2v) is 11.7. The minimum Gasteiger partial charge on any atom is -0.299 e. The lowest BCUT2D eigenvalue weighted by molar-refractivity contribution is -0.121. The summed E-state index contributed by atoms with van der Waals surface area (Å²) in [6.45, 7) is 4.06. The van der Waals surface area contributed by atoms with Crippen molar-refractivity contribution in [3.63, 3.8) is 0 Å². The Morgan fingerprint density at radius 2 is 2.00 bits per heavy atom. The number of nitriles is 1. The highest BCUT2D eigenvalue weighted by Gasteiger charge is 2.51. The van der Waals surface area contributed by atoms with E-state index in [1.165, 1.54) is 0 Å². The zero-order valence-electron chi connectivity index (χ0n) is 17.8. The Morgan fingerprint density at radius 1 is 1.26 bits per heavy atom. The Labute approximate surface area is 183 Å². The van der Waals surface area contributed by atoms with E-state index in [1.807, 2.05) is 48.0 Å². The van der Waals surface area contributed by atoms with Crippen LogP contribution in [-0.4, -0.2) is 36.2 Å². The zero-order valence-corrected chi connectivity index (χ0v) is 18.6. The van der Waals surface area contributed by atoms with Crippen LogP contribution in [0.2, 0.25) is 0 Å². The highest BCUT2D eigenvalue weighted by atomic mass is 32.3. The lowest BCUT2D eigenvalue weighted by Gasteiger charge is -2.46. The first-order valence-electron chi connectivity index (χ1n) is 10.8. The van der Waals surface area contributed by atoms with E-state index in [0.717, 1.165) is 35.4 Å². The lowest BCUT2D eigenvalue weighted by Crippen LogP contribution is -2.46. The molecule has 1 saturated heterocycles. The fourth-order valence-electron chi connectivity index (χ4n) is 5.97. The van der Waals surface area contributed by atoms with Crippen LogP contribution in [0.3, 0.4) is 0 Å². The first-order valence-corrected chi connectivity index (χ1v) is 12.7. The van der Waals surface area contributed by atoms with Crippen molar-refractivity contribution in [2.75, 3.05) is 11.5 Å². The van der Waals surface area contributed by atoms with Crippen LogP contribution in [0, 0.1) is 23.2 Å².